The second-order valence-electron chi connectivity index (χ2n) is 4.45. The van der Waals surface area contributed by atoms with E-state index >= 15 is 0 Å². The van der Waals surface area contributed by atoms with Crippen LogP contribution in [0.25, 0.3) is 17.1 Å². The second-order valence-corrected chi connectivity index (χ2v) is 4.45. The minimum atomic E-state index is 0.472. The van der Waals surface area contributed by atoms with E-state index in [9.17, 15) is 0 Å². The smallest absolute Gasteiger partial charge is 0.198 e. The number of fused-ring (bicyclic) bond motifs is 1. The Morgan fingerprint density at radius 2 is 2.12 bits per heavy atom. The fraction of sp³-hybridized carbons (Fsp3) is 0.308. The molecule has 2 rings (SSSR count). The van der Waals surface area contributed by atoms with Gasteiger partial charge in [0.25, 0.3) is 0 Å². The summed E-state index contributed by atoms with van der Waals surface area (Å²) in [7, 11) is 0. The number of rotatable bonds is 2. The maximum absolute atomic E-state index is 5.63. The summed E-state index contributed by atoms with van der Waals surface area (Å²) in [5, 5.41) is 0. The van der Waals surface area contributed by atoms with Crippen LogP contribution >= 0.6 is 0 Å². The molecule has 0 fully saturated rings. The first-order chi connectivity index (χ1) is 7.56. The molecule has 0 aliphatic heterocycles. The summed E-state index contributed by atoms with van der Waals surface area (Å²) in [6.45, 7) is 6.42. The highest BCUT2D eigenvalue weighted by atomic mass is 15.0. The van der Waals surface area contributed by atoms with Crippen LogP contribution in [-0.2, 0) is 0 Å². The molecule has 0 amide bonds. The van der Waals surface area contributed by atoms with Gasteiger partial charge in [0.15, 0.2) is 5.95 Å². The van der Waals surface area contributed by atoms with Gasteiger partial charge in [-0.3, -0.25) is 0 Å². The number of allylic oxidation sites excluding steroid dienone is 1. The first-order valence-electron chi connectivity index (χ1n) is 5.50. The Balaban J connectivity index is 2.49. The van der Waals surface area contributed by atoms with Crippen LogP contribution in [0.4, 0.5) is 5.95 Å². The number of aryl methyl sites for hydroxylation is 1. The Labute approximate surface area is 95.4 Å². The van der Waals surface area contributed by atoms with Gasteiger partial charge in [-0.1, -0.05) is 26.0 Å². The van der Waals surface area contributed by atoms with Crippen molar-refractivity contribution in [1.29, 1.82) is 0 Å². The molecule has 0 aliphatic carbocycles. The normalized spacial score (nSPS) is 12.0. The second kappa shape index (κ2) is 4.00. The molecule has 3 N–H and O–H groups in total. The molecule has 0 bridgehead atoms. The lowest BCUT2D eigenvalue weighted by atomic mass is 10.1. The predicted molar refractivity (Wildman–Crippen MR) is 69.1 cm³/mol. The molecule has 0 unspecified atom stereocenters. The van der Waals surface area contributed by atoms with Crippen molar-refractivity contribution in [3.63, 3.8) is 0 Å². The number of nitrogen functional groups attached to an aromatic ring is 1. The van der Waals surface area contributed by atoms with Gasteiger partial charge in [0, 0.05) is 0 Å². The molecule has 0 radical (unpaired) electrons. The van der Waals surface area contributed by atoms with Gasteiger partial charge in [0.1, 0.15) is 0 Å². The number of nitrogens with zero attached hydrogens (tertiary/aromatic N) is 1. The van der Waals surface area contributed by atoms with Gasteiger partial charge in [-0.2, -0.15) is 0 Å². The molecule has 3 nitrogen and oxygen atoms in total. The van der Waals surface area contributed by atoms with Crippen molar-refractivity contribution in [2.24, 2.45) is 5.92 Å². The van der Waals surface area contributed by atoms with E-state index in [2.05, 4.69) is 55.0 Å². The van der Waals surface area contributed by atoms with E-state index in [4.69, 9.17) is 5.73 Å². The van der Waals surface area contributed by atoms with Crippen LogP contribution < -0.4 is 5.73 Å². The predicted octanol–water partition coefficient (Wildman–Crippen LogP) is 3.12. The third-order valence-electron chi connectivity index (χ3n) is 2.55. The number of hydrogen-bond donors (Lipinski definition) is 2. The Morgan fingerprint density at radius 1 is 1.38 bits per heavy atom. The zero-order valence-electron chi connectivity index (χ0n) is 9.91. The number of hydrogen-bond acceptors (Lipinski definition) is 2. The van der Waals surface area contributed by atoms with Gasteiger partial charge in [-0.05, 0) is 36.1 Å². The molecule has 1 aromatic carbocycles. The molecule has 1 aromatic heterocycles. The van der Waals surface area contributed by atoms with Crippen molar-refractivity contribution in [3.8, 4) is 0 Å². The van der Waals surface area contributed by atoms with Gasteiger partial charge in [-0.15, -0.1) is 0 Å². The van der Waals surface area contributed by atoms with E-state index < -0.39 is 0 Å². The summed E-state index contributed by atoms with van der Waals surface area (Å²) in [6.07, 6.45) is 4.33. The number of imidazole rings is 1. The summed E-state index contributed by atoms with van der Waals surface area (Å²) in [5.74, 6) is 1.03. The monoisotopic (exact) mass is 215 g/mol. The molecule has 0 spiro atoms. The van der Waals surface area contributed by atoms with Crippen molar-refractivity contribution in [2.45, 2.75) is 20.8 Å². The SMILES string of the molecule is Cc1cc2[nH]c(N)nc2cc1/C=C/C(C)C. The average molecular weight is 215 g/mol. The molecule has 84 valence electrons. The van der Waals surface area contributed by atoms with Gasteiger partial charge in [-0.25, -0.2) is 4.98 Å². The maximum Gasteiger partial charge on any atom is 0.198 e. The van der Waals surface area contributed by atoms with E-state index in [1.807, 2.05) is 0 Å². The lowest BCUT2D eigenvalue weighted by Gasteiger charge is -2.01. The Bertz CT molecular complexity index is 535. The minimum absolute atomic E-state index is 0.472. The van der Waals surface area contributed by atoms with Crippen molar-refractivity contribution < 1.29 is 0 Å². The van der Waals surface area contributed by atoms with Crippen molar-refractivity contribution in [3.05, 3.63) is 29.3 Å². The van der Waals surface area contributed by atoms with Crippen molar-refractivity contribution >= 4 is 23.1 Å². The quantitative estimate of drug-likeness (QED) is 0.808. The fourth-order valence-corrected chi connectivity index (χ4v) is 1.68. The lowest BCUT2D eigenvalue weighted by Crippen LogP contribution is -1.84. The van der Waals surface area contributed by atoms with Gasteiger partial charge in [0.2, 0.25) is 0 Å². The number of nitrogens with one attached hydrogen (secondary N) is 1. The van der Waals surface area contributed by atoms with E-state index in [1.165, 1.54) is 11.1 Å². The van der Waals surface area contributed by atoms with Crippen LogP contribution in [0.15, 0.2) is 18.2 Å². The highest BCUT2D eigenvalue weighted by Gasteiger charge is 2.03. The molecule has 0 saturated heterocycles. The van der Waals surface area contributed by atoms with E-state index in [0.29, 0.717) is 11.9 Å². The number of aromatic nitrogens is 2. The molecule has 0 saturated carbocycles. The highest BCUT2D eigenvalue weighted by molar-refractivity contribution is 5.81. The van der Waals surface area contributed by atoms with Crippen LogP contribution in [0.2, 0.25) is 0 Å². The summed E-state index contributed by atoms with van der Waals surface area (Å²) in [5.41, 5.74) is 9.98. The highest BCUT2D eigenvalue weighted by Crippen LogP contribution is 2.20. The third-order valence-corrected chi connectivity index (χ3v) is 2.55. The molecule has 3 heteroatoms. The van der Waals surface area contributed by atoms with Crippen LogP contribution in [0.3, 0.4) is 0 Å². The number of anilines is 1. The van der Waals surface area contributed by atoms with Crippen LogP contribution in [0.1, 0.15) is 25.0 Å². The summed E-state index contributed by atoms with van der Waals surface area (Å²) in [4.78, 5) is 7.26. The van der Waals surface area contributed by atoms with E-state index in [-0.39, 0.29) is 0 Å². The number of benzene rings is 1. The Kier molecular flexibility index (Phi) is 2.69. The standard InChI is InChI=1S/C13H17N3/c1-8(2)4-5-10-7-12-11(6-9(10)3)15-13(14)16-12/h4-8H,1-3H3,(H3,14,15,16)/b5-4+. The minimum Gasteiger partial charge on any atom is -0.369 e. The maximum atomic E-state index is 5.63. The fourth-order valence-electron chi connectivity index (χ4n) is 1.68. The molecule has 16 heavy (non-hydrogen) atoms. The first-order valence-corrected chi connectivity index (χ1v) is 5.50. The zero-order valence-corrected chi connectivity index (χ0v) is 9.91. The lowest BCUT2D eigenvalue weighted by molar-refractivity contribution is 0.836. The Hall–Kier alpha value is -1.77. The van der Waals surface area contributed by atoms with Crippen LogP contribution in [0.5, 0.6) is 0 Å². The van der Waals surface area contributed by atoms with E-state index in [0.717, 1.165) is 11.0 Å². The third kappa shape index (κ3) is 2.08. The van der Waals surface area contributed by atoms with Crippen LogP contribution in [-0.4, -0.2) is 9.97 Å². The van der Waals surface area contributed by atoms with E-state index in [1.54, 1.807) is 0 Å². The first kappa shape index (κ1) is 10.7. The number of aromatic amines is 1. The summed E-state index contributed by atoms with van der Waals surface area (Å²) < 4.78 is 0. The summed E-state index contributed by atoms with van der Waals surface area (Å²) in [6, 6.07) is 4.15. The molecular weight excluding hydrogens is 198 g/mol. The van der Waals surface area contributed by atoms with Gasteiger partial charge < -0.3 is 10.7 Å². The van der Waals surface area contributed by atoms with Gasteiger partial charge in [0.05, 0.1) is 11.0 Å². The van der Waals surface area contributed by atoms with Gasteiger partial charge >= 0.3 is 0 Å². The molecule has 0 aliphatic rings. The Morgan fingerprint density at radius 3 is 2.81 bits per heavy atom. The topological polar surface area (TPSA) is 54.7 Å². The summed E-state index contributed by atoms with van der Waals surface area (Å²) >= 11 is 0. The largest absolute Gasteiger partial charge is 0.369 e. The number of nitrogens with two attached hydrogens (primary N) is 1. The van der Waals surface area contributed by atoms with Crippen LogP contribution in [0, 0.1) is 12.8 Å². The molecule has 0 atom stereocenters. The zero-order chi connectivity index (χ0) is 11.7. The van der Waals surface area contributed by atoms with Crippen molar-refractivity contribution in [2.75, 3.05) is 5.73 Å². The molecular formula is C13H17N3. The number of H-pyrrole nitrogens is 1. The average Bonchev–Trinajstić information content (AvgIpc) is 2.53. The van der Waals surface area contributed by atoms with Crippen molar-refractivity contribution in [1.82, 2.24) is 9.97 Å². The molecule has 1 heterocycles. The molecule has 2 aromatic rings.